The van der Waals surface area contributed by atoms with Crippen LogP contribution in [0.5, 0.6) is 0 Å². The Balaban J connectivity index is 2.04. The molecule has 1 saturated carbocycles. The lowest BCUT2D eigenvalue weighted by Crippen LogP contribution is -2.40. The maximum Gasteiger partial charge on any atom is 0.330 e. The molecule has 0 radical (unpaired) electrons. The van der Waals surface area contributed by atoms with Crippen molar-refractivity contribution in [2.75, 3.05) is 5.43 Å². The van der Waals surface area contributed by atoms with E-state index in [1.165, 1.54) is 18.7 Å². The lowest BCUT2D eigenvalue weighted by molar-refractivity contribution is -0.113. The highest BCUT2D eigenvalue weighted by Gasteiger charge is 2.56. The first-order chi connectivity index (χ1) is 12.1. The quantitative estimate of drug-likeness (QED) is 0.730. The van der Waals surface area contributed by atoms with Crippen LogP contribution in [-0.4, -0.2) is 33.1 Å². The molecule has 0 bridgehead atoms. The number of rotatable bonds is 2. The summed E-state index contributed by atoms with van der Waals surface area (Å²) in [5.41, 5.74) is 1.57. The molecule has 1 aliphatic carbocycles. The third-order valence-corrected chi connectivity index (χ3v) is 8.06. The van der Waals surface area contributed by atoms with Gasteiger partial charge in [-0.2, -0.15) is 5.10 Å². The van der Waals surface area contributed by atoms with Crippen molar-refractivity contribution in [3.63, 3.8) is 0 Å². The SMILES string of the molecule is Cc1c(NN=C2C(=O)CC3(CCCCC3)S2(=O)=O)c(=O)n(C)c(=O)n1C. The molecule has 1 spiro atoms. The molecule has 0 aromatic carbocycles. The van der Waals surface area contributed by atoms with E-state index in [9.17, 15) is 22.8 Å². The van der Waals surface area contributed by atoms with Gasteiger partial charge in [0.15, 0.2) is 5.78 Å². The van der Waals surface area contributed by atoms with Gasteiger partial charge in [-0.05, 0) is 19.8 Å². The standard InChI is InChI=1S/C16H22N4O5S/c1-10-12(14(22)20(3)15(23)19(10)2)17-18-13-11(21)9-16(26(13,24)25)7-5-4-6-8-16/h17H,4-9H2,1-3H3. The van der Waals surface area contributed by atoms with Gasteiger partial charge in [0.25, 0.3) is 5.56 Å². The maximum absolute atomic E-state index is 12.9. The Morgan fingerprint density at radius 1 is 1.04 bits per heavy atom. The van der Waals surface area contributed by atoms with Crippen LogP contribution in [0.4, 0.5) is 5.69 Å². The number of carbonyl (C=O) groups is 1. The molecule has 1 N–H and O–H groups in total. The van der Waals surface area contributed by atoms with E-state index in [1.54, 1.807) is 6.92 Å². The average Bonchev–Trinajstić information content (AvgIpc) is 2.78. The molecule has 3 rings (SSSR count). The second-order valence-corrected chi connectivity index (χ2v) is 9.30. The second kappa shape index (κ2) is 6.19. The molecule has 1 saturated heterocycles. The minimum absolute atomic E-state index is 0.0327. The summed E-state index contributed by atoms with van der Waals surface area (Å²) in [6.45, 7) is 1.54. The minimum atomic E-state index is -3.86. The Kier molecular flexibility index (Phi) is 4.41. The third kappa shape index (κ3) is 2.54. The van der Waals surface area contributed by atoms with Gasteiger partial charge in [0.2, 0.25) is 14.9 Å². The fourth-order valence-corrected chi connectivity index (χ4v) is 5.86. The van der Waals surface area contributed by atoms with Crippen molar-refractivity contribution < 1.29 is 13.2 Å². The molecule has 9 nitrogen and oxygen atoms in total. The number of carbonyl (C=O) groups excluding carboxylic acids is 1. The van der Waals surface area contributed by atoms with Gasteiger partial charge < -0.3 is 0 Å². The van der Waals surface area contributed by atoms with Crippen molar-refractivity contribution in [2.24, 2.45) is 19.2 Å². The Bertz CT molecular complexity index is 1030. The van der Waals surface area contributed by atoms with Crippen LogP contribution < -0.4 is 16.7 Å². The van der Waals surface area contributed by atoms with E-state index in [0.717, 1.165) is 23.8 Å². The number of anilines is 1. The Morgan fingerprint density at radius 3 is 2.27 bits per heavy atom. The number of nitrogens with zero attached hydrogens (tertiary/aromatic N) is 3. The van der Waals surface area contributed by atoms with Gasteiger partial charge in [0.05, 0.1) is 4.75 Å². The van der Waals surface area contributed by atoms with Crippen molar-refractivity contribution >= 4 is 26.4 Å². The second-order valence-electron chi connectivity index (χ2n) is 7.04. The summed E-state index contributed by atoms with van der Waals surface area (Å²) in [4.78, 5) is 36.5. The summed E-state index contributed by atoms with van der Waals surface area (Å²) in [6, 6.07) is 0. The molecule has 26 heavy (non-hydrogen) atoms. The zero-order valence-corrected chi connectivity index (χ0v) is 15.9. The molecule has 1 aliphatic heterocycles. The zero-order valence-electron chi connectivity index (χ0n) is 15.0. The molecule has 0 amide bonds. The van der Waals surface area contributed by atoms with Gasteiger partial charge in [-0.3, -0.25) is 24.1 Å². The van der Waals surface area contributed by atoms with Crippen LogP contribution in [-0.2, 0) is 28.7 Å². The fraction of sp³-hybridized carbons (Fsp3) is 0.625. The zero-order chi connectivity index (χ0) is 19.3. The van der Waals surface area contributed by atoms with Crippen LogP contribution in [0, 0.1) is 6.92 Å². The first-order valence-corrected chi connectivity index (χ1v) is 9.99. The summed E-state index contributed by atoms with van der Waals surface area (Å²) in [5.74, 6) is -0.529. The van der Waals surface area contributed by atoms with Crippen LogP contribution >= 0.6 is 0 Å². The van der Waals surface area contributed by atoms with Gasteiger partial charge >= 0.3 is 5.69 Å². The molecule has 10 heteroatoms. The molecular formula is C16H22N4O5S. The highest BCUT2D eigenvalue weighted by molar-refractivity contribution is 8.10. The Labute approximate surface area is 150 Å². The molecule has 1 aromatic heterocycles. The number of sulfone groups is 1. The van der Waals surface area contributed by atoms with E-state index in [-0.39, 0.29) is 12.1 Å². The van der Waals surface area contributed by atoms with E-state index in [4.69, 9.17) is 0 Å². The van der Waals surface area contributed by atoms with Gasteiger partial charge in [-0.25, -0.2) is 13.2 Å². The first kappa shape index (κ1) is 18.6. The molecular weight excluding hydrogens is 360 g/mol. The molecule has 1 aromatic rings. The van der Waals surface area contributed by atoms with Gasteiger partial charge in [0, 0.05) is 26.2 Å². The van der Waals surface area contributed by atoms with Crippen LogP contribution in [0.2, 0.25) is 0 Å². The van der Waals surface area contributed by atoms with E-state index >= 15 is 0 Å². The number of hydrogen-bond donors (Lipinski definition) is 1. The summed E-state index contributed by atoms with van der Waals surface area (Å²) >= 11 is 0. The number of aromatic nitrogens is 2. The summed E-state index contributed by atoms with van der Waals surface area (Å²) in [6.07, 6.45) is 3.37. The normalized spacial score (nSPS) is 22.9. The van der Waals surface area contributed by atoms with Crippen molar-refractivity contribution in [1.82, 2.24) is 9.13 Å². The van der Waals surface area contributed by atoms with Crippen LogP contribution in [0.25, 0.3) is 0 Å². The molecule has 2 aliphatic rings. The van der Waals surface area contributed by atoms with Crippen LogP contribution in [0.1, 0.15) is 44.2 Å². The van der Waals surface area contributed by atoms with E-state index < -0.39 is 36.7 Å². The number of Topliss-reactive ketones (excluding diaryl/α,β-unsaturated/α-hetero) is 1. The van der Waals surface area contributed by atoms with Crippen molar-refractivity contribution in [3.05, 3.63) is 26.5 Å². The lowest BCUT2D eigenvalue weighted by Gasteiger charge is -2.30. The molecule has 0 unspecified atom stereocenters. The van der Waals surface area contributed by atoms with Gasteiger partial charge in [0.1, 0.15) is 5.69 Å². The summed E-state index contributed by atoms with van der Waals surface area (Å²) in [5, 5.41) is 3.29. The van der Waals surface area contributed by atoms with Crippen molar-refractivity contribution in [1.29, 1.82) is 0 Å². The number of ketones is 1. The fourth-order valence-electron chi connectivity index (χ4n) is 3.76. The molecule has 0 atom stereocenters. The number of hydrazone groups is 1. The number of hydrogen-bond acceptors (Lipinski definition) is 7. The highest BCUT2D eigenvalue weighted by Crippen LogP contribution is 2.43. The van der Waals surface area contributed by atoms with Gasteiger partial charge in [-0.1, -0.05) is 19.3 Å². The smallest absolute Gasteiger partial charge is 0.299 e. The summed E-state index contributed by atoms with van der Waals surface area (Å²) in [7, 11) is -1.06. The van der Waals surface area contributed by atoms with E-state index in [0.29, 0.717) is 18.5 Å². The topological polar surface area (TPSA) is 120 Å². The monoisotopic (exact) mass is 382 g/mol. The Hall–Kier alpha value is -2.23. The molecule has 142 valence electrons. The van der Waals surface area contributed by atoms with Gasteiger partial charge in [-0.15, -0.1) is 0 Å². The third-order valence-electron chi connectivity index (χ3n) is 5.54. The Morgan fingerprint density at radius 2 is 1.65 bits per heavy atom. The number of nitrogens with one attached hydrogen (secondary N) is 1. The molecule has 2 fully saturated rings. The average molecular weight is 382 g/mol. The van der Waals surface area contributed by atoms with Crippen LogP contribution in [0.3, 0.4) is 0 Å². The van der Waals surface area contributed by atoms with Crippen molar-refractivity contribution in [2.45, 2.75) is 50.2 Å². The van der Waals surface area contributed by atoms with E-state index in [1.807, 2.05) is 0 Å². The van der Waals surface area contributed by atoms with Crippen LogP contribution in [0.15, 0.2) is 14.7 Å². The van der Waals surface area contributed by atoms with Crippen molar-refractivity contribution in [3.8, 4) is 0 Å². The first-order valence-electron chi connectivity index (χ1n) is 8.50. The predicted octanol–water partition coefficient (Wildman–Crippen LogP) is 0.208. The minimum Gasteiger partial charge on any atom is -0.299 e. The van der Waals surface area contributed by atoms with E-state index in [2.05, 4.69) is 10.5 Å². The predicted molar refractivity (Wildman–Crippen MR) is 97.1 cm³/mol. The summed E-state index contributed by atoms with van der Waals surface area (Å²) < 4.78 is 26.9. The largest absolute Gasteiger partial charge is 0.330 e. The lowest BCUT2D eigenvalue weighted by atomic mass is 9.85. The highest BCUT2D eigenvalue weighted by atomic mass is 32.2. The molecule has 2 heterocycles. The maximum atomic E-state index is 12.9.